The Morgan fingerprint density at radius 2 is 2.06 bits per heavy atom. The Morgan fingerprint density at radius 3 is 2.62 bits per heavy atom. The molecule has 0 radical (unpaired) electrons. The van der Waals surface area contributed by atoms with Gasteiger partial charge in [-0.2, -0.15) is 5.10 Å². The van der Waals surface area contributed by atoms with Crippen LogP contribution in [0.5, 0.6) is 0 Å². The molecule has 0 spiro atoms. The molecule has 3 rings (SSSR count). The quantitative estimate of drug-likeness (QED) is 0.470. The molecule has 9 heteroatoms. The van der Waals surface area contributed by atoms with Crippen LogP contribution in [0, 0.1) is 11.6 Å². The third-order valence-electron chi connectivity index (χ3n) is 6.56. The molecule has 1 aliphatic carbocycles. The summed E-state index contributed by atoms with van der Waals surface area (Å²) >= 11 is 0. The van der Waals surface area contributed by atoms with E-state index in [0.29, 0.717) is 24.0 Å². The van der Waals surface area contributed by atoms with E-state index in [2.05, 4.69) is 32.7 Å². The van der Waals surface area contributed by atoms with Crippen LogP contribution in [0.25, 0.3) is 5.57 Å². The van der Waals surface area contributed by atoms with E-state index in [9.17, 15) is 13.6 Å². The van der Waals surface area contributed by atoms with Crippen molar-refractivity contribution in [3.63, 3.8) is 0 Å². The van der Waals surface area contributed by atoms with Gasteiger partial charge in [-0.15, -0.1) is 0 Å². The maximum Gasteiger partial charge on any atom is 0.315 e. The fourth-order valence-corrected chi connectivity index (χ4v) is 4.26. The Balaban J connectivity index is 1.97. The molecule has 7 nitrogen and oxygen atoms in total. The second kappa shape index (κ2) is 11.3. The molecule has 188 valence electrons. The van der Waals surface area contributed by atoms with E-state index in [-0.39, 0.29) is 18.2 Å². The van der Waals surface area contributed by atoms with Crippen molar-refractivity contribution in [2.75, 3.05) is 27.2 Å². The normalized spacial score (nSPS) is 19.0. The summed E-state index contributed by atoms with van der Waals surface area (Å²) in [4.78, 5) is 12.8. The number of rotatable bonds is 11. The Kier molecular flexibility index (Phi) is 8.65. The zero-order chi connectivity index (χ0) is 24.9. The molecule has 1 saturated carbocycles. The molecular formula is C25H38F2N6O. The molecule has 1 fully saturated rings. The molecule has 0 aromatic heterocycles. The fraction of sp³-hybridized carbons (Fsp3) is 0.600. The van der Waals surface area contributed by atoms with Crippen LogP contribution in [0.3, 0.4) is 0 Å². The van der Waals surface area contributed by atoms with E-state index in [1.807, 2.05) is 45.2 Å². The predicted octanol–water partition coefficient (Wildman–Crippen LogP) is 4.18. The van der Waals surface area contributed by atoms with Crippen LogP contribution in [0.15, 0.2) is 29.4 Å². The number of carbonyl (C=O) groups excluding carboxylic acids is 1. The zero-order valence-electron chi connectivity index (χ0n) is 20.9. The lowest BCUT2D eigenvalue weighted by atomic mass is 9.89. The highest BCUT2D eigenvalue weighted by atomic mass is 19.1. The highest BCUT2D eigenvalue weighted by Gasteiger charge is 2.36. The number of nitrogens with one attached hydrogen (secondary N) is 2. The molecule has 2 aliphatic rings. The highest BCUT2D eigenvalue weighted by molar-refractivity contribution is 5.77. The number of urea groups is 1. The number of amides is 2. The number of hydrazine groups is 1. The van der Waals surface area contributed by atoms with Gasteiger partial charge in [0.25, 0.3) is 0 Å². The molecule has 1 aliphatic heterocycles. The van der Waals surface area contributed by atoms with Gasteiger partial charge in [0, 0.05) is 63.9 Å². The van der Waals surface area contributed by atoms with Gasteiger partial charge in [-0.25, -0.2) is 23.6 Å². The number of halogens is 2. The van der Waals surface area contributed by atoms with Gasteiger partial charge in [-0.05, 0) is 43.9 Å². The van der Waals surface area contributed by atoms with Crippen LogP contribution in [0.4, 0.5) is 13.6 Å². The molecule has 2 amide bonds. The van der Waals surface area contributed by atoms with Crippen LogP contribution in [0.2, 0.25) is 0 Å². The Bertz CT molecular complexity index is 919. The Hall–Kier alpha value is -2.52. The second-order valence-corrected chi connectivity index (χ2v) is 9.42. The summed E-state index contributed by atoms with van der Waals surface area (Å²) in [5.41, 5.74) is 0.229. The highest BCUT2D eigenvalue weighted by Crippen LogP contribution is 2.30. The second-order valence-electron chi connectivity index (χ2n) is 9.42. The van der Waals surface area contributed by atoms with Gasteiger partial charge in [-0.1, -0.05) is 19.9 Å². The number of carbonyl (C=O) groups is 1. The van der Waals surface area contributed by atoms with E-state index in [0.717, 1.165) is 38.4 Å². The van der Waals surface area contributed by atoms with Crippen molar-refractivity contribution in [3.8, 4) is 0 Å². The largest absolute Gasteiger partial charge is 0.335 e. The van der Waals surface area contributed by atoms with E-state index >= 15 is 0 Å². The predicted molar refractivity (Wildman–Crippen MR) is 132 cm³/mol. The minimum atomic E-state index is -0.823. The third-order valence-corrected chi connectivity index (χ3v) is 6.56. The summed E-state index contributed by atoms with van der Waals surface area (Å²) in [6.07, 6.45) is 7.55. The average Bonchev–Trinajstić information content (AvgIpc) is 3.43. The summed E-state index contributed by atoms with van der Waals surface area (Å²) in [5, 5.41) is 17.0. The van der Waals surface area contributed by atoms with Crippen molar-refractivity contribution in [1.82, 2.24) is 25.7 Å². The van der Waals surface area contributed by atoms with Crippen LogP contribution in [0.1, 0.15) is 58.4 Å². The van der Waals surface area contributed by atoms with Crippen molar-refractivity contribution in [3.05, 3.63) is 41.5 Å². The van der Waals surface area contributed by atoms with Crippen LogP contribution < -0.4 is 10.6 Å². The van der Waals surface area contributed by atoms with Gasteiger partial charge in [0.2, 0.25) is 0 Å². The molecule has 1 aromatic rings. The van der Waals surface area contributed by atoms with Gasteiger partial charge in [-0.3, -0.25) is 5.01 Å². The molecule has 34 heavy (non-hydrogen) atoms. The lowest BCUT2D eigenvalue weighted by molar-refractivity contribution is -0.0824. The molecule has 0 bridgehead atoms. The van der Waals surface area contributed by atoms with Crippen molar-refractivity contribution in [2.24, 2.45) is 5.10 Å². The lowest BCUT2D eigenvalue weighted by Gasteiger charge is -2.43. The first-order valence-electron chi connectivity index (χ1n) is 12.1. The van der Waals surface area contributed by atoms with Gasteiger partial charge < -0.3 is 10.6 Å². The number of hydrogen-bond donors (Lipinski definition) is 2. The molecule has 1 heterocycles. The van der Waals surface area contributed by atoms with Crippen molar-refractivity contribution < 1.29 is 13.6 Å². The molecule has 0 saturated heterocycles. The van der Waals surface area contributed by atoms with Gasteiger partial charge in [0.15, 0.2) is 0 Å². The third kappa shape index (κ3) is 6.76. The number of benzene rings is 1. The summed E-state index contributed by atoms with van der Waals surface area (Å²) in [5.74, 6) is -1.22. The van der Waals surface area contributed by atoms with E-state index in [1.165, 1.54) is 12.1 Å². The van der Waals surface area contributed by atoms with Crippen molar-refractivity contribution in [1.29, 1.82) is 0 Å². The topological polar surface area (TPSA) is 63.2 Å². The lowest BCUT2D eigenvalue weighted by Crippen LogP contribution is -2.58. The number of hydrogen-bond acceptors (Lipinski definition) is 5. The standard InChI is InChI=1S/C25H38F2N6O/c1-6-18(21-12-9-19(26)15-22(21)27)16-25(3,30-24(34)29-20-10-11-20)17-23(32(5)31(4)7-2)33-14-8-13-28-33/h9,12-13,15-16,20,23H,6-8,10-11,14,17H2,1-5H3,(H2,29,30,34)/b18-16+. The SMILES string of the molecule is CC/C(=C\C(C)(CC(N1CCC=N1)N(C)N(C)CC)NC(=O)NC1CC1)c1ccc(F)cc1F. The molecule has 2 unspecified atom stereocenters. The maximum atomic E-state index is 14.7. The smallest absolute Gasteiger partial charge is 0.315 e. The van der Waals surface area contributed by atoms with E-state index in [1.54, 1.807) is 0 Å². The van der Waals surface area contributed by atoms with Gasteiger partial charge in [0.05, 0.1) is 5.54 Å². The average molecular weight is 477 g/mol. The fourth-order valence-electron chi connectivity index (χ4n) is 4.26. The number of nitrogens with zero attached hydrogens (tertiary/aromatic N) is 4. The van der Waals surface area contributed by atoms with Gasteiger partial charge in [0.1, 0.15) is 17.8 Å². The van der Waals surface area contributed by atoms with Crippen LogP contribution in [-0.2, 0) is 0 Å². The van der Waals surface area contributed by atoms with Crippen LogP contribution in [-0.4, -0.2) is 72.2 Å². The summed E-state index contributed by atoms with van der Waals surface area (Å²) in [6.45, 7) is 7.55. The Morgan fingerprint density at radius 1 is 1.32 bits per heavy atom. The minimum Gasteiger partial charge on any atom is -0.335 e. The number of allylic oxidation sites excluding steroid dienone is 1. The molecule has 1 aromatic carbocycles. The monoisotopic (exact) mass is 476 g/mol. The molecular weight excluding hydrogens is 438 g/mol. The van der Waals surface area contributed by atoms with Crippen molar-refractivity contribution >= 4 is 17.8 Å². The van der Waals surface area contributed by atoms with Gasteiger partial charge >= 0.3 is 6.03 Å². The maximum absolute atomic E-state index is 14.7. The summed E-state index contributed by atoms with van der Waals surface area (Å²) < 4.78 is 28.2. The van der Waals surface area contributed by atoms with E-state index < -0.39 is 17.2 Å². The minimum absolute atomic E-state index is 0.137. The Labute approximate surface area is 201 Å². The summed E-state index contributed by atoms with van der Waals surface area (Å²) in [7, 11) is 4.02. The molecule has 2 N–H and O–H groups in total. The summed E-state index contributed by atoms with van der Waals surface area (Å²) in [6, 6.07) is 3.59. The first-order chi connectivity index (χ1) is 16.2. The van der Waals surface area contributed by atoms with E-state index in [4.69, 9.17) is 0 Å². The number of hydrazone groups is 1. The first kappa shape index (κ1) is 26.1. The molecule has 2 atom stereocenters. The first-order valence-corrected chi connectivity index (χ1v) is 12.1. The van der Waals surface area contributed by atoms with Crippen LogP contribution >= 0.6 is 0 Å². The van der Waals surface area contributed by atoms with Crippen molar-refractivity contribution in [2.45, 2.75) is 70.6 Å². The zero-order valence-corrected chi connectivity index (χ0v) is 20.9.